The lowest BCUT2D eigenvalue weighted by atomic mass is 9.73. The van der Waals surface area contributed by atoms with Crippen LogP contribution in [-0.2, 0) is 14.4 Å². The molecule has 1 unspecified atom stereocenters. The Bertz CT molecular complexity index is 532. The summed E-state index contributed by atoms with van der Waals surface area (Å²) in [5.74, 6) is 0.911. The van der Waals surface area contributed by atoms with Crippen molar-refractivity contribution in [3.8, 4) is 0 Å². The summed E-state index contributed by atoms with van der Waals surface area (Å²) in [5.41, 5.74) is 0.0460. The van der Waals surface area contributed by atoms with Crippen molar-refractivity contribution in [3.63, 3.8) is 0 Å². The van der Waals surface area contributed by atoms with E-state index in [-0.39, 0.29) is 36.0 Å². The van der Waals surface area contributed by atoms with Crippen molar-refractivity contribution in [2.45, 2.75) is 58.8 Å². The molecule has 1 spiro atoms. The van der Waals surface area contributed by atoms with Crippen LogP contribution in [0.25, 0.3) is 0 Å². The number of rotatable bonds is 6. The summed E-state index contributed by atoms with van der Waals surface area (Å²) in [6.07, 6.45) is 5.12. The average molecular weight is 366 g/mol. The summed E-state index contributed by atoms with van der Waals surface area (Å²) in [7, 11) is 3.43. The number of nitrogens with zero attached hydrogens (tertiary/aromatic N) is 3. The van der Waals surface area contributed by atoms with Gasteiger partial charge in [-0.2, -0.15) is 0 Å². The van der Waals surface area contributed by atoms with E-state index in [2.05, 4.69) is 13.8 Å². The van der Waals surface area contributed by atoms with Crippen LogP contribution in [0.5, 0.6) is 0 Å². The number of hydrogen-bond donors (Lipinski definition) is 0. The van der Waals surface area contributed by atoms with Gasteiger partial charge in [-0.05, 0) is 31.6 Å². The number of hydrogen-bond acceptors (Lipinski definition) is 3. The topological polar surface area (TPSA) is 60.9 Å². The van der Waals surface area contributed by atoms with Gasteiger partial charge in [-0.25, -0.2) is 0 Å². The predicted octanol–water partition coefficient (Wildman–Crippen LogP) is 2.13. The van der Waals surface area contributed by atoms with Crippen molar-refractivity contribution in [1.82, 2.24) is 14.7 Å². The highest BCUT2D eigenvalue weighted by molar-refractivity contribution is 5.83. The van der Waals surface area contributed by atoms with Gasteiger partial charge in [-0.1, -0.05) is 13.8 Å². The highest BCUT2D eigenvalue weighted by Gasteiger charge is 2.42. The van der Waals surface area contributed by atoms with E-state index in [0.29, 0.717) is 12.3 Å². The molecule has 0 N–H and O–H groups in total. The average Bonchev–Trinajstić information content (AvgIpc) is 2.60. The van der Waals surface area contributed by atoms with Gasteiger partial charge in [-0.15, -0.1) is 0 Å². The fourth-order valence-electron chi connectivity index (χ4n) is 4.07. The number of carbonyl (C=O) groups excluding carboxylic acids is 3. The van der Waals surface area contributed by atoms with Crippen LogP contribution in [-0.4, -0.2) is 72.7 Å². The van der Waals surface area contributed by atoms with Crippen LogP contribution in [0.3, 0.4) is 0 Å². The van der Waals surface area contributed by atoms with E-state index < -0.39 is 0 Å². The van der Waals surface area contributed by atoms with Gasteiger partial charge in [0.1, 0.15) is 0 Å². The fourth-order valence-corrected chi connectivity index (χ4v) is 4.07. The quantitative estimate of drug-likeness (QED) is 0.724. The molecule has 26 heavy (non-hydrogen) atoms. The summed E-state index contributed by atoms with van der Waals surface area (Å²) < 4.78 is 0. The molecule has 3 amide bonds. The zero-order valence-corrected chi connectivity index (χ0v) is 16.9. The molecule has 2 heterocycles. The molecule has 148 valence electrons. The third-order valence-electron chi connectivity index (χ3n) is 5.79. The van der Waals surface area contributed by atoms with Crippen LogP contribution in [0.4, 0.5) is 0 Å². The van der Waals surface area contributed by atoms with Crippen LogP contribution >= 0.6 is 0 Å². The molecule has 6 heteroatoms. The highest BCUT2D eigenvalue weighted by Crippen LogP contribution is 2.39. The molecule has 2 rings (SSSR count). The van der Waals surface area contributed by atoms with Gasteiger partial charge < -0.3 is 14.7 Å². The maximum absolute atomic E-state index is 12.6. The minimum atomic E-state index is -0.00630. The van der Waals surface area contributed by atoms with Gasteiger partial charge in [0, 0.05) is 65.0 Å². The number of amides is 3. The zero-order chi connectivity index (χ0) is 19.3. The molecule has 2 saturated heterocycles. The molecule has 2 aliphatic rings. The van der Waals surface area contributed by atoms with E-state index in [9.17, 15) is 14.4 Å². The highest BCUT2D eigenvalue weighted by atomic mass is 16.2. The van der Waals surface area contributed by atoms with Crippen molar-refractivity contribution >= 4 is 17.7 Å². The van der Waals surface area contributed by atoms with Crippen molar-refractivity contribution < 1.29 is 14.4 Å². The second-order valence-electron chi connectivity index (χ2n) is 8.70. The molecule has 0 radical (unpaired) electrons. The molecular weight excluding hydrogens is 330 g/mol. The van der Waals surface area contributed by atoms with E-state index in [1.54, 1.807) is 14.1 Å². The third kappa shape index (κ3) is 5.45. The molecular formula is C20H35N3O3. The van der Waals surface area contributed by atoms with E-state index in [1.165, 1.54) is 4.90 Å². The van der Waals surface area contributed by atoms with Crippen molar-refractivity contribution in [2.75, 3.05) is 40.3 Å². The van der Waals surface area contributed by atoms with Crippen LogP contribution in [0, 0.1) is 11.3 Å². The lowest BCUT2D eigenvalue weighted by Gasteiger charge is -2.48. The van der Waals surface area contributed by atoms with Crippen molar-refractivity contribution in [1.29, 1.82) is 0 Å². The zero-order valence-electron chi connectivity index (χ0n) is 16.9. The third-order valence-corrected chi connectivity index (χ3v) is 5.79. The molecule has 1 atom stereocenters. The Morgan fingerprint density at radius 1 is 1.15 bits per heavy atom. The Kier molecular flexibility index (Phi) is 7.07. The van der Waals surface area contributed by atoms with Crippen molar-refractivity contribution in [3.05, 3.63) is 0 Å². The lowest BCUT2D eigenvalue weighted by molar-refractivity contribution is -0.144. The van der Waals surface area contributed by atoms with Gasteiger partial charge in [0.2, 0.25) is 17.7 Å². The van der Waals surface area contributed by atoms with Gasteiger partial charge in [-0.3, -0.25) is 14.4 Å². The molecule has 0 aromatic carbocycles. The molecule has 0 aromatic rings. The smallest absolute Gasteiger partial charge is 0.223 e. The summed E-state index contributed by atoms with van der Waals surface area (Å²) >= 11 is 0. The molecule has 0 aromatic heterocycles. The Labute approximate surface area is 157 Å². The number of likely N-dealkylation sites (tertiary alicyclic amines) is 2. The standard InChI is InChI=1S/C20H35N3O3/c1-16(2)9-13-23-15-20(11-8-19(23)26)10-5-12-22(14-20)18(25)7-6-17(24)21(3)4/h16H,5-15H2,1-4H3. The normalized spacial score (nSPS) is 23.7. The van der Waals surface area contributed by atoms with Crippen LogP contribution in [0.15, 0.2) is 0 Å². The van der Waals surface area contributed by atoms with Crippen LogP contribution in [0.2, 0.25) is 0 Å². The summed E-state index contributed by atoms with van der Waals surface area (Å²) in [4.78, 5) is 42.1. The van der Waals surface area contributed by atoms with E-state index in [4.69, 9.17) is 0 Å². The minimum Gasteiger partial charge on any atom is -0.349 e. The van der Waals surface area contributed by atoms with Crippen LogP contribution < -0.4 is 0 Å². The summed E-state index contributed by atoms with van der Waals surface area (Å²) in [6.45, 7) is 7.47. The van der Waals surface area contributed by atoms with Crippen LogP contribution in [0.1, 0.15) is 58.8 Å². The van der Waals surface area contributed by atoms with Crippen molar-refractivity contribution in [2.24, 2.45) is 11.3 Å². The van der Waals surface area contributed by atoms with E-state index >= 15 is 0 Å². The summed E-state index contributed by atoms with van der Waals surface area (Å²) in [5, 5.41) is 0. The molecule has 2 aliphatic heterocycles. The van der Waals surface area contributed by atoms with Gasteiger partial charge >= 0.3 is 0 Å². The predicted molar refractivity (Wildman–Crippen MR) is 101 cm³/mol. The Hall–Kier alpha value is -1.59. The molecule has 2 fully saturated rings. The van der Waals surface area contributed by atoms with Gasteiger partial charge in [0.05, 0.1) is 0 Å². The largest absolute Gasteiger partial charge is 0.349 e. The van der Waals surface area contributed by atoms with Gasteiger partial charge in [0.25, 0.3) is 0 Å². The molecule has 0 saturated carbocycles. The lowest BCUT2D eigenvalue weighted by Crippen LogP contribution is -2.55. The molecule has 6 nitrogen and oxygen atoms in total. The maximum atomic E-state index is 12.6. The minimum absolute atomic E-state index is 0.00630. The number of carbonyl (C=O) groups is 3. The van der Waals surface area contributed by atoms with Gasteiger partial charge in [0.15, 0.2) is 0 Å². The fraction of sp³-hybridized carbons (Fsp3) is 0.850. The first kappa shape index (κ1) is 20.7. The molecule has 0 bridgehead atoms. The first-order chi connectivity index (χ1) is 12.2. The molecule has 0 aliphatic carbocycles. The second-order valence-corrected chi connectivity index (χ2v) is 8.70. The summed E-state index contributed by atoms with van der Waals surface area (Å²) in [6, 6.07) is 0. The first-order valence-corrected chi connectivity index (χ1v) is 9.98. The Morgan fingerprint density at radius 3 is 2.54 bits per heavy atom. The Balaban J connectivity index is 1.94. The first-order valence-electron chi connectivity index (χ1n) is 9.98. The monoisotopic (exact) mass is 365 g/mol. The number of piperidine rings is 2. The SMILES string of the molecule is CC(C)CCN1CC2(CCCN(C(=O)CCC(=O)N(C)C)C2)CCC1=O. The maximum Gasteiger partial charge on any atom is 0.223 e. The second kappa shape index (κ2) is 8.87. The van der Waals surface area contributed by atoms with E-state index in [1.807, 2.05) is 9.80 Å². The van der Waals surface area contributed by atoms with E-state index in [0.717, 1.165) is 51.9 Å². The Morgan fingerprint density at radius 2 is 1.88 bits per heavy atom.